The van der Waals surface area contributed by atoms with Crippen LogP contribution in [0.4, 0.5) is 5.69 Å². The smallest absolute Gasteiger partial charge is 0.182 e. The van der Waals surface area contributed by atoms with E-state index < -0.39 is 0 Å². The van der Waals surface area contributed by atoms with Gasteiger partial charge in [0.2, 0.25) is 0 Å². The summed E-state index contributed by atoms with van der Waals surface area (Å²) in [5, 5.41) is 12.2. The van der Waals surface area contributed by atoms with Gasteiger partial charge < -0.3 is 10.5 Å². The van der Waals surface area contributed by atoms with Crippen molar-refractivity contribution in [3.63, 3.8) is 0 Å². The van der Waals surface area contributed by atoms with Gasteiger partial charge in [-0.25, -0.2) is 4.68 Å². The van der Waals surface area contributed by atoms with Crippen LogP contribution in [-0.2, 0) is 4.74 Å². The number of hydrogen-bond donors (Lipinski definition) is 1. The molecule has 1 aromatic heterocycles. The summed E-state index contributed by atoms with van der Waals surface area (Å²) in [5.41, 5.74) is 9.98. The number of rotatable bonds is 2. The first-order valence-electron chi connectivity index (χ1n) is 6.89. The predicted molar refractivity (Wildman–Crippen MR) is 76.2 cm³/mol. The Morgan fingerprint density at radius 2 is 2.15 bits per heavy atom. The molecule has 1 fully saturated rings. The number of nitrogen functional groups attached to an aromatic ring is 1. The molecule has 1 aliphatic rings. The predicted octanol–water partition coefficient (Wildman–Crippen LogP) is 1.89. The summed E-state index contributed by atoms with van der Waals surface area (Å²) in [7, 11) is 0. The second-order valence-electron chi connectivity index (χ2n) is 5.34. The number of hydrogen-bond acceptors (Lipinski definition) is 5. The molecule has 0 spiro atoms. The lowest BCUT2D eigenvalue weighted by atomic mass is 10.0. The van der Waals surface area contributed by atoms with Crippen LogP contribution in [0.15, 0.2) is 12.1 Å². The molecule has 1 saturated heterocycles. The summed E-state index contributed by atoms with van der Waals surface area (Å²) in [5.74, 6) is 0.768. The van der Waals surface area contributed by atoms with Crippen molar-refractivity contribution in [2.45, 2.75) is 32.7 Å². The van der Waals surface area contributed by atoms with Crippen molar-refractivity contribution in [2.24, 2.45) is 0 Å². The topological polar surface area (TPSA) is 78.8 Å². The second kappa shape index (κ2) is 5.20. The van der Waals surface area contributed by atoms with Crippen LogP contribution < -0.4 is 5.73 Å². The van der Waals surface area contributed by atoms with E-state index in [1.807, 2.05) is 17.7 Å². The average molecular weight is 273 g/mol. The largest absolute Gasteiger partial charge is 0.398 e. The summed E-state index contributed by atoms with van der Waals surface area (Å²) >= 11 is 0. The van der Waals surface area contributed by atoms with E-state index in [-0.39, 0.29) is 6.04 Å². The summed E-state index contributed by atoms with van der Waals surface area (Å²) in [6.07, 6.45) is 2.08. The standard InChI is InChI=1S/C14H19N5O/c1-9-6-10(2)13(15)7-12(9)14-16-17-18-19(14)11-4-3-5-20-8-11/h6-7,11H,3-5,8,15H2,1-2H3. The highest BCUT2D eigenvalue weighted by atomic mass is 16.5. The van der Waals surface area contributed by atoms with Crippen molar-refractivity contribution < 1.29 is 4.74 Å². The molecule has 1 atom stereocenters. The molecule has 1 unspecified atom stereocenters. The van der Waals surface area contributed by atoms with E-state index in [9.17, 15) is 0 Å². The first-order chi connectivity index (χ1) is 9.66. The number of ether oxygens (including phenoxy) is 1. The molecule has 106 valence electrons. The lowest BCUT2D eigenvalue weighted by molar-refractivity contribution is 0.0548. The second-order valence-corrected chi connectivity index (χ2v) is 5.34. The van der Waals surface area contributed by atoms with Crippen molar-refractivity contribution in [1.82, 2.24) is 20.2 Å². The summed E-state index contributed by atoms with van der Waals surface area (Å²) < 4.78 is 7.40. The van der Waals surface area contributed by atoms with Gasteiger partial charge in [0, 0.05) is 17.9 Å². The molecule has 0 bridgehead atoms. The van der Waals surface area contributed by atoms with Crippen molar-refractivity contribution >= 4 is 5.69 Å². The Morgan fingerprint density at radius 3 is 2.90 bits per heavy atom. The van der Waals surface area contributed by atoms with Crippen LogP contribution in [0.25, 0.3) is 11.4 Å². The van der Waals surface area contributed by atoms with Crippen LogP contribution >= 0.6 is 0 Å². The van der Waals surface area contributed by atoms with Crippen LogP contribution in [0.1, 0.15) is 30.0 Å². The fraction of sp³-hybridized carbons (Fsp3) is 0.500. The van der Waals surface area contributed by atoms with Gasteiger partial charge in [0.25, 0.3) is 0 Å². The Hall–Kier alpha value is -1.95. The third-order valence-electron chi connectivity index (χ3n) is 3.83. The third kappa shape index (κ3) is 2.27. The number of anilines is 1. The normalized spacial score (nSPS) is 19.2. The molecule has 0 radical (unpaired) electrons. The maximum Gasteiger partial charge on any atom is 0.182 e. The minimum atomic E-state index is 0.204. The van der Waals surface area contributed by atoms with E-state index >= 15 is 0 Å². The monoisotopic (exact) mass is 273 g/mol. The van der Waals surface area contributed by atoms with Gasteiger partial charge >= 0.3 is 0 Å². The number of aromatic nitrogens is 4. The first kappa shape index (κ1) is 13.1. The van der Waals surface area contributed by atoms with E-state index in [4.69, 9.17) is 10.5 Å². The van der Waals surface area contributed by atoms with Crippen molar-refractivity contribution in [2.75, 3.05) is 18.9 Å². The van der Waals surface area contributed by atoms with Crippen LogP contribution in [0.2, 0.25) is 0 Å². The average Bonchev–Trinajstić information content (AvgIpc) is 2.93. The lowest BCUT2D eigenvalue weighted by Gasteiger charge is -2.23. The molecular formula is C14H19N5O. The fourth-order valence-corrected chi connectivity index (χ4v) is 2.64. The molecule has 1 aliphatic heterocycles. The van der Waals surface area contributed by atoms with E-state index in [2.05, 4.69) is 28.5 Å². The van der Waals surface area contributed by atoms with Gasteiger partial charge in [-0.15, -0.1) is 5.10 Å². The molecule has 3 rings (SSSR count). The zero-order valence-electron chi connectivity index (χ0n) is 11.8. The van der Waals surface area contributed by atoms with Gasteiger partial charge in [0.1, 0.15) is 0 Å². The quantitative estimate of drug-likeness (QED) is 0.845. The maximum atomic E-state index is 6.02. The molecule has 1 aromatic carbocycles. The molecule has 2 N–H and O–H groups in total. The highest BCUT2D eigenvalue weighted by Gasteiger charge is 2.22. The molecule has 2 aromatic rings. The lowest BCUT2D eigenvalue weighted by Crippen LogP contribution is -2.23. The zero-order chi connectivity index (χ0) is 14.1. The number of nitrogens with two attached hydrogens (primary N) is 1. The van der Waals surface area contributed by atoms with Gasteiger partial charge in [0.15, 0.2) is 5.82 Å². The Labute approximate surface area is 117 Å². The fourth-order valence-electron chi connectivity index (χ4n) is 2.64. The summed E-state index contributed by atoms with van der Waals surface area (Å²) in [4.78, 5) is 0. The third-order valence-corrected chi connectivity index (χ3v) is 3.83. The molecule has 0 amide bonds. The minimum absolute atomic E-state index is 0.204. The molecule has 0 saturated carbocycles. The van der Waals surface area contributed by atoms with Crippen molar-refractivity contribution in [3.05, 3.63) is 23.3 Å². The van der Waals surface area contributed by atoms with E-state index in [1.165, 1.54) is 0 Å². The van der Waals surface area contributed by atoms with Crippen LogP contribution in [0, 0.1) is 13.8 Å². The molecule has 0 aliphatic carbocycles. The number of benzene rings is 1. The molecular weight excluding hydrogens is 254 g/mol. The van der Waals surface area contributed by atoms with Crippen LogP contribution in [0.3, 0.4) is 0 Å². The minimum Gasteiger partial charge on any atom is -0.398 e. The van der Waals surface area contributed by atoms with Gasteiger partial charge in [-0.2, -0.15) is 0 Å². The number of aryl methyl sites for hydroxylation is 2. The van der Waals surface area contributed by atoms with Crippen molar-refractivity contribution in [3.8, 4) is 11.4 Å². The molecule has 6 nitrogen and oxygen atoms in total. The Bertz CT molecular complexity index is 616. The summed E-state index contributed by atoms with van der Waals surface area (Å²) in [6, 6.07) is 4.23. The molecule has 6 heteroatoms. The SMILES string of the molecule is Cc1cc(C)c(-c2nnnn2C2CCCOC2)cc1N. The highest BCUT2D eigenvalue weighted by Crippen LogP contribution is 2.29. The molecule has 2 heterocycles. The summed E-state index contributed by atoms with van der Waals surface area (Å²) in [6.45, 7) is 5.55. The van der Waals surface area contributed by atoms with Gasteiger partial charge in [-0.05, 0) is 54.3 Å². The van der Waals surface area contributed by atoms with Crippen molar-refractivity contribution in [1.29, 1.82) is 0 Å². The van der Waals surface area contributed by atoms with E-state index in [0.29, 0.717) is 6.61 Å². The van der Waals surface area contributed by atoms with Gasteiger partial charge in [-0.1, -0.05) is 6.07 Å². The van der Waals surface area contributed by atoms with E-state index in [0.717, 1.165) is 47.7 Å². The van der Waals surface area contributed by atoms with Gasteiger partial charge in [-0.3, -0.25) is 0 Å². The zero-order valence-corrected chi connectivity index (χ0v) is 11.8. The highest BCUT2D eigenvalue weighted by molar-refractivity contribution is 5.67. The molecule has 20 heavy (non-hydrogen) atoms. The first-order valence-corrected chi connectivity index (χ1v) is 6.89. The maximum absolute atomic E-state index is 6.02. The van der Waals surface area contributed by atoms with E-state index in [1.54, 1.807) is 0 Å². The van der Waals surface area contributed by atoms with Crippen LogP contribution in [0.5, 0.6) is 0 Å². The Kier molecular flexibility index (Phi) is 3.40. The Balaban J connectivity index is 2.03. The Morgan fingerprint density at radius 1 is 1.30 bits per heavy atom. The van der Waals surface area contributed by atoms with Crippen LogP contribution in [-0.4, -0.2) is 33.4 Å². The number of tetrazole rings is 1. The number of nitrogens with zero attached hydrogens (tertiary/aromatic N) is 4. The van der Waals surface area contributed by atoms with Gasteiger partial charge in [0.05, 0.1) is 12.6 Å².